The summed E-state index contributed by atoms with van der Waals surface area (Å²) in [6, 6.07) is 2.45. The molecule has 0 aliphatic rings. The smallest absolute Gasteiger partial charge is 0.379 e. The highest BCUT2D eigenvalue weighted by Crippen LogP contribution is 2.32. The first kappa shape index (κ1) is 26.9. The van der Waals surface area contributed by atoms with E-state index in [1.807, 2.05) is 0 Å². The summed E-state index contributed by atoms with van der Waals surface area (Å²) < 4.78 is 79.2. The first-order valence-corrected chi connectivity index (χ1v) is 10.2. The number of nitrogens with zero attached hydrogens (tertiary/aromatic N) is 1. The normalized spacial score (nSPS) is 12.4. The predicted octanol–water partition coefficient (Wildman–Crippen LogP) is 2.58. The van der Waals surface area contributed by atoms with Crippen LogP contribution < -0.4 is 10.6 Å². The van der Waals surface area contributed by atoms with Crippen molar-refractivity contribution >= 4 is 39.8 Å². The standard InChI is InChI=1S/C16H23F4N3O3S.HI/c1-3-21-15(22-6-7-26-8-9-27(2,24)25)23-11-12-4-5-13(17)10-14(12)16(18,19)20;/h4-5,10H,3,6-9,11H2,1-2H3,(H2,21,22,23);1H. The molecule has 28 heavy (non-hydrogen) atoms. The number of nitrogens with one attached hydrogen (secondary N) is 2. The van der Waals surface area contributed by atoms with E-state index in [1.54, 1.807) is 6.92 Å². The van der Waals surface area contributed by atoms with E-state index in [1.165, 1.54) is 0 Å². The molecule has 162 valence electrons. The Kier molecular flexibility index (Phi) is 11.9. The molecule has 2 N–H and O–H groups in total. The molecule has 6 nitrogen and oxygen atoms in total. The molecule has 1 aromatic rings. The Balaban J connectivity index is 0.00000729. The quantitative estimate of drug-likeness (QED) is 0.165. The van der Waals surface area contributed by atoms with Gasteiger partial charge in [0.25, 0.3) is 0 Å². The number of guanidine groups is 1. The van der Waals surface area contributed by atoms with Gasteiger partial charge in [-0.3, -0.25) is 0 Å². The van der Waals surface area contributed by atoms with Gasteiger partial charge < -0.3 is 15.4 Å². The summed E-state index contributed by atoms with van der Waals surface area (Å²) in [5.74, 6) is -0.792. The molecule has 0 bridgehead atoms. The predicted molar refractivity (Wildman–Crippen MR) is 110 cm³/mol. The van der Waals surface area contributed by atoms with Gasteiger partial charge in [-0.05, 0) is 24.6 Å². The van der Waals surface area contributed by atoms with Gasteiger partial charge in [0.1, 0.15) is 15.7 Å². The summed E-state index contributed by atoms with van der Waals surface area (Å²) in [7, 11) is -3.09. The number of halogens is 5. The molecule has 0 heterocycles. The van der Waals surface area contributed by atoms with Crippen molar-refractivity contribution in [3.8, 4) is 0 Å². The molecular formula is C16H24F4IN3O3S. The van der Waals surface area contributed by atoms with Crippen molar-refractivity contribution in [2.24, 2.45) is 4.99 Å². The number of aliphatic imine (C=N–C) groups is 1. The van der Waals surface area contributed by atoms with Crippen molar-refractivity contribution in [2.45, 2.75) is 19.6 Å². The lowest BCUT2D eigenvalue weighted by atomic mass is 10.1. The van der Waals surface area contributed by atoms with Crippen LogP contribution in [0, 0.1) is 5.82 Å². The van der Waals surface area contributed by atoms with Crippen LogP contribution in [0.25, 0.3) is 0 Å². The highest BCUT2D eigenvalue weighted by molar-refractivity contribution is 14.0. The third kappa shape index (κ3) is 11.0. The van der Waals surface area contributed by atoms with Crippen molar-refractivity contribution in [1.82, 2.24) is 10.6 Å². The molecule has 0 aliphatic heterocycles. The summed E-state index contributed by atoms with van der Waals surface area (Å²) in [4.78, 5) is 4.07. The van der Waals surface area contributed by atoms with Crippen LogP contribution in [0.4, 0.5) is 17.6 Å². The van der Waals surface area contributed by atoms with Gasteiger partial charge >= 0.3 is 6.18 Å². The lowest BCUT2D eigenvalue weighted by molar-refractivity contribution is -0.138. The van der Waals surface area contributed by atoms with Crippen LogP contribution in [0.1, 0.15) is 18.1 Å². The van der Waals surface area contributed by atoms with Crippen LogP contribution >= 0.6 is 24.0 Å². The second-order valence-electron chi connectivity index (χ2n) is 5.66. The van der Waals surface area contributed by atoms with E-state index < -0.39 is 27.4 Å². The molecule has 0 radical (unpaired) electrons. The van der Waals surface area contributed by atoms with Crippen molar-refractivity contribution in [2.75, 3.05) is 38.3 Å². The Bertz CT molecular complexity index is 743. The van der Waals surface area contributed by atoms with Crippen LogP contribution in [0.5, 0.6) is 0 Å². The van der Waals surface area contributed by atoms with Crippen LogP contribution in [0.3, 0.4) is 0 Å². The zero-order valence-electron chi connectivity index (χ0n) is 15.5. The van der Waals surface area contributed by atoms with E-state index in [-0.39, 0.29) is 67.6 Å². The third-order valence-electron chi connectivity index (χ3n) is 3.27. The highest BCUT2D eigenvalue weighted by Gasteiger charge is 2.33. The molecule has 0 amide bonds. The summed E-state index contributed by atoms with van der Waals surface area (Å²) >= 11 is 0. The molecule has 1 rings (SSSR count). The first-order valence-electron chi connectivity index (χ1n) is 8.16. The second-order valence-corrected chi connectivity index (χ2v) is 7.92. The zero-order valence-corrected chi connectivity index (χ0v) is 18.6. The molecule has 0 atom stereocenters. The lowest BCUT2D eigenvalue weighted by Gasteiger charge is -2.14. The van der Waals surface area contributed by atoms with E-state index in [9.17, 15) is 26.0 Å². The summed E-state index contributed by atoms with van der Waals surface area (Å²) in [5, 5.41) is 5.74. The molecule has 0 spiro atoms. The molecule has 0 aliphatic carbocycles. The fraction of sp³-hybridized carbons (Fsp3) is 0.562. The number of benzene rings is 1. The van der Waals surface area contributed by atoms with Crippen LogP contribution in [0.15, 0.2) is 23.2 Å². The van der Waals surface area contributed by atoms with E-state index in [2.05, 4.69) is 15.6 Å². The summed E-state index contributed by atoms with van der Waals surface area (Å²) in [6.45, 7) is 2.52. The van der Waals surface area contributed by atoms with E-state index >= 15 is 0 Å². The summed E-state index contributed by atoms with van der Waals surface area (Å²) in [5.41, 5.74) is -1.21. The first-order chi connectivity index (χ1) is 12.5. The molecule has 0 unspecified atom stereocenters. The van der Waals surface area contributed by atoms with Crippen molar-refractivity contribution in [3.05, 3.63) is 35.1 Å². The number of hydrogen-bond acceptors (Lipinski definition) is 4. The van der Waals surface area contributed by atoms with Gasteiger partial charge in [0.05, 0.1) is 31.1 Å². The number of sulfone groups is 1. The van der Waals surface area contributed by atoms with Crippen molar-refractivity contribution < 1.29 is 30.7 Å². The maximum atomic E-state index is 13.1. The highest BCUT2D eigenvalue weighted by atomic mass is 127. The SMILES string of the molecule is CCNC(=NCc1ccc(F)cc1C(F)(F)F)NCCOCCS(C)(=O)=O.I. The molecule has 0 saturated heterocycles. The number of rotatable bonds is 9. The van der Waals surface area contributed by atoms with Crippen molar-refractivity contribution in [3.63, 3.8) is 0 Å². The van der Waals surface area contributed by atoms with Crippen LogP contribution in [-0.4, -0.2) is 52.7 Å². The second kappa shape index (κ2) is 12.4. The minimum Gasteiger partial charge on any atom is -0.379 e. The third-order valence-corrected chi connectivity index (χ3v) is 4.17. The minimum absolute atomic E-state index is 0. The Morgan fingerprint density at radius 2 is 1.89 bits per heavy atom. The van der Waals surface area contributed by atoms with E-state index in [4.69, 9.17) is 4.74 Å². The maximum absolute atomic E-state index is 13.1. The van der Waals surface area contributed by atoms with Gasteiger partial charge in [0.2, 0.25) is 0 Å². The Labute approximate surface area is 179 Å². The van der Waals surface area contributed by atoms with E-state index in [0.717, 1.165) is 18.4 Å². The molecule has 0 saturated carbocycles. The van der Waals surface area contributed by atoms with Gasteiger partial charge in [-0.25, -0.2) is 17.8 Å². The maximum Gasteiger partial charge on any atom is 0.416 e. The molecule has 0 fully saturated rings. The number of ether oxygens (including phenoxy) is 1. The van der Waals surface area contributed by atoms with Crippen LogP contribution in [0.2, 0.25) is 0 Å². The topological polar surface area (TPSA) is 79.8 Å². The Morgan fingerprint density at radius 1 is 1.21 bits per heavy atom. The van der Waals surface area contributed by atoms with Gasteiger partial charge in [0.15, 0.2) is 5.96 Å². The largest absolute Gasteiger partial charge is 0.416 e. The van der Waals surface area contributed by atoms with E-state index in [0.29, 0.717) is 12.6 Å². The Morgan fingerprint density at radius 3 is 2.46 bits per heavy atom. The van der Waals surface area contributed by atoms with Gasteiger partial charge in [-0.2, -0.15) is 13.2 Å². The monoisotopic (exact) mass is 541 g/mol. The van der Waals surface area contributed by atoms with Gasteiger partial charge in [-0.15, -0.1) is 24.0 Å². The molecule has 1 aromatic carbocycles. The lowest BCUT2D eigenvalue weighted by Crippen LogP contribution is -2.39. The minimum atomic E-state index is -4.67. The Hall–Kier alpha value is -1.15. The van der Waals surface area contributed by atoms with Gasteiger partial charge in [0, 0.05) is 19.3 Å². The molecule has 12 heteroatoms. The molecular weight excluding hydrogens is 517 g/mol. The summed E-state index contributed by atoms with van der Waals surface area (Å²) in [6.07, 6.45) is -3.57. The average Bonchev–Trinajstić information content (AvgIpc) is 2.54. The van der Waals surface area contributed by atoms with Crippen molar-refractivity contribution in [1.29, 1.82) is 0 Å². The average molecular weight is 541 g/mol. The number of alkyl halides is 3. The van der Waals surface area contributed by atoms with Crippen LogP contribution in [-0.2, 0) is 27.3 Å². The molecule has 0 aromatic heterocycles. The zero-order chi connectivity index (χ0) is 20.5. The fourth-order valence-corrected chi connectivity index (χ4v) is 2.43. The number of hydrogen-bond donors (Lipinski definition) is 2. The fourth-order valence-electron chi connectivity index (χ4n) is 2.01. The van der Waals surface area contributed by atoms with Gasteiger partial charge in [-0.1, -0.05) is 6.07 Å².